The van der Waals surface area contributed by atoms with Crippen LogP contribution in [-0.4, -0.2) is 42.8 Å². The lowest BCUT2D eigenvalue weighted by atomic mass is 9.96. The van der Waals surface area contributed by atoms with Crippen molar-refractivity contribution in [2.24, 2.45) is 0 Å². The van der Waals surface area contributed by atoms with Crippen LogP contribution in [0.4, 0.5) is 0 Å². The highest BCUT2D eigenvalue weighted by Gasteiger charge is 2.26. The van der Waals surface area contributed by atoms with Crippen molar-refractivity contribution in [3.05, 3.63) is 69.7 Å². The van der Waals surface area contributed by atoms with Crippen molar-refractivity contribution in [2.75, 3.05) is 26.7 Å². The first-order valence-electron chi connectivity index (χ1n) is 8.06. The Hall–Kier alpha value is -1.10. The molecule has 130 valence electrons. The van der Waals surface area contributed by atoms with E-state index in [1.807, 2.05) is 24.3 Å². The Morgan fingerprint density at radius 2 is 1.42 bits per heavy atom. The molecular weight excluding hydrogens is 343 g/mol. The Labute approximate surface area is 154 Å². The maximum atomic E-state index is 7.00. The minimum absolute atomic E-state index is 0.235. The first kappa shape index (κ1) is 19.2. The van der Waals surface area contributed by atoms with Gasteiger partial charge >= 0.3 is 0 Å². The Balaban J connectivity index is 0.00000100. The number of aliphatic hydroxyl groups is 1. The zero-order chi connectivity index (χ0) is 17.5. The van der Waals surface area contributed by atoms with Crippen LogP contribution >= 0.6 is 23.2 Å². The van der Waals surface area contributed by atoms with Gasteiger partial charge in [-0.3, -0.25) is 4.90 Å². The van der Waals surface area contributed by atoms with Gasteiger partial charge in [-0.15, -0.1) is 0 Å². The van der Waals surface area contributed by atoms with Crippen LogP contribution in [0.25, 0.3) is 0 Å². The van der Waals surface area contributed by atoms with Gasteiger partial charge in [0.15, 0.2) is 0 Å². The van der Waals surface area contributed by atoms with Crippen molar-refractivity contribution in [2.45, 2.75) is 19.0 Å². The smallest absolute Gasteiger partial charge is 0.0602 e. The Kier molecular flexibility index (Phi) is 7.53. The Morgan fingerprint density at radius 1 is 0.958 bits per heavy atom. The van der Waals surface area contributed by atoms with E-state index in [4.69, 9.17) is 28.3 Å². The van der Waals surface area contributed by atoms with Gasteiger partial charge in [-0.2, -0.15) is 0 Å². The lowest BCUT2D eigenvalue weighted by Gasteiger charge is -2.38. The zero-order valence-corrected chi connectivity index (χ0v) is 15.6. The Morgan fingerprint density at radius 3 is 1.83 bits per heavy atom. The number of hydrogen-bond donors (Lipinski definition) is 2. The molecule has 0 aromatic heterocycles. The Bertz CT molecular complexity index is 571. The number of nitrogens with zero attached hydrogens (tertiary/aromatic N) is 1. The number of hydrogen-bond acceptors (Lipinski definition) is 3. The molecule has 5 heteroatoms. The number of benzene rings is 2. The number of aliphatic hydroxyl groups excluding tert-OH is 1. The molecule has 3 nitrogen and oxygen atoms in total. The van der Waals surface area contributed by atoms with E-state index in [0.29, 0.717) is 6.04 Å². The van der Waals surface area contributed by atoms with Gasteiger partial charge in [0, 0.05) is 42.8 Å². The average Bonchev–Trinajstić information content (AvgIpc) is 2.60. The molecule has 0 saturated carbocycles. The largest absolute Gasteiger partial charge is 0.400 e. The standard InChI is InChI=1S/C18H20Cl2N2.CH4O/c1-13-12-22(11-10-21-13)18(14-2-6-16(19)7-3-14)15-4-8-17(20)9-5-15;1-2/h2-9,13,18,21H,10-12H2,1H3;2H,1H3. The van der Waals surface area contributed by atoms with Gasteiger partial charge in [0.05, 0.1) is 6.04 Å². The summed E-state index contributed by atoms with van der Waals surface area (Å²) in [5, 5.41) is 12.0. The molecule has 0 amide bonds. The second-order valence-corrected chi connectivity index (χ2v) is 6.73. The maximum absolute atomic E-state index is 7.00. The molecule has 1 heterocycles. The summed E-state index contributed by atoms with van der Waals surface area (Å²) < 4.78 is 0. The van der Waals surface area contributed by atoms with Gasteiger partial charge in [0.25, 0.3) is 0 Å². The summed E-state index contributed by atoms with van der Waals surface area (Å²) in [5.41, 5.74) is 2.53. The molecule has 3 rings (SSSR count). The van der Waals surface area contributed by atoms with Gasteiger partial charge < -0.3 is 10.4 Å². The van der Waals surface area contributed by atoms with Gasteiger partial charge in [-0.1, -0.05) is 47.5 Å². The molecule has 0 radical (unpaired) electrons. The summed E-state index contributed by atoms with van der Waals surface area (Å²) in [4.78, 5) is 2.52. The van der Waals surface area contributed by atoms with E-state index in [2.05, 4.69) is 41.4 Å². The summed E-state index contributed by atoms with van der Waals surface area (Å²) in [6, 6.07) is 17.1. The van der Waals surface area contributed by atoms with Gasteiger partial charge in [-0.25, -0.2) is 0 Å². The van der Waals surface area contributed by atoms with Crippen molar-refractivity contribution in [3.8, 4) is 0 Å². The van der Waals surface area contributed by atoms with E-state index in [0.717, 1.165) is 36.8 Å². The van der Waals surface area contributed by atoms with Crippen molar-refractivity contribution >= 4 is 23.2 Å². The van der Waals surface area contributed by atoms with Crippen LogP contribution in [0.2, 0.25) is 10.0 Å². The fraction of sp³-hybridized carbons (Fsp3) is 0.368. The van der Waals surface area contributed by atoms with E-state index in [9.17, 15) is 0 Å². The molecule has 0 bridgehead atoms. The van der Waals surface area contributed by atoms with Crippen molar-refractivity contribution < 1.29 is 5.11 Å². The van der Waals surface area contributed by atoms with Crippen LogP contribution in [0.15, 0.2) is 48.5 Å². The average molecular weight is 367 g/mol. The molecule has 1 atom stereocenters. The third-order valence-corrected chi connectivity index (χ3v) is 4.64. The fourth-order valence-electron chi connectivity index (χ4n) is 3.10. The first-order chi connectivity index (χ1) is 11.6. The molecule has 1 saturated heterocycles. The summed E-state index contributed by atoms with van der Waals surface area (Å²) in [7, 11) is 1.00. The minimum Gasteiger partial charge on any atom is -0.400 e. The van der Waals surface area contributed by atoms with Crippen molar-refractivity contribution in [3.63, 3.8) is 0 Å². The molecule has 0 spiro atoms. The second kappa shape index (κ2) is 9.40. The molecule has 2 aromatic rings. The monoisotopic (exact) mass is 366 g/mol. The predicted molar refractivity (Wildman–Crippen MR) is 102 cm³/mol. The van der Waals surface area contributed by atoms with Crippen LogP contribution in [-0.2, 0) is 0 Å². The van der Waals surface area contributed by atoms with E-state index in [1.54, 1.807) is 0 Å². The highest BCUT2D eigenvalue weighted by atomic mass is 35.5. The molecule has 24 heavy (non-hydrogen) atoms. The number of nitrogens with one attached hydrogen (secondary N) is 1. The SMILES string of the molecule is CC1CN(C(c2ccc(Cl)cc2)c2ccc(Cl)cc2)CCN1.CO. The lowest BCUT2D eigenvalue weighted by molar-refractivity contribution is 0.170. The first-order valence-corrected chi connectivity index (χ1v) is 8.82. The van der Waals surface area contributed by atoms with E-state index >= 15 is 0 Å². The normalized spacial score (nSPS) is 18.2. The molecule has 2 N–H and O–H groups in total. The predicted octanol–water partition coefficient (Wildman–Crippen LogP) is 3.99. The topological polar surface area (TPSA) is 35.5 Å². The number of rotatable bonds is 3. The van der Waals surface area contributed by atoms with Crippen LogP contribution in [0.1, 0.15) is 24.1 Å². The third kappa shape index (κ3) is 4.95. The highest BCUT2D eigenvalue weighted by molar-refractivity contribution is 6.30. The van der Waals surface area contributed by atoms with Gasteiger partial charge in [0.2, 0.25) is 0 Å². The van der Waals surface area contributed by atoms with E-state index < -0.39 is 0 Å². The lowest BCUT2D eigenvalue weighted by Crippen LogP contribution is -2.50. The number of piperazine rings is 1. The third-order valence-electron chi connectivity index (χ3n) is 4.14. The fourth-order valence-corrected chi connectivity index (χ4v) is 3.35. The van der Waals surface area contributed by atoms with Crippen molar-refractivity contribution in [1.29, 1.82) is 0 Å². The van der Waals surface area contributed by atoms with Crippen molar-refractivity contribution in [1.82, 2.24) is 10.2 Å². The molecule has 2 aromatic carbocycles. The van der Waals surface area contributed by atoms with E-state index in [-0.39, 0.29) is 6.04 Å². The second-order valence-electron chi connectivity index (χ2n) is 5.86. The highest BCUT2D eigenvalue weighted by Crippen LogP contribution is 2.31. The molecular formula is C19H24Cl2N2O. The maximum Gasteiger partial charge on any atom is 0.0602 e. The summed E-state index contributed by atoms with van der Waals surface area (Å²) >= 11 is 12.1. The van der Waals surface area contributed by atoms with Gasteiger partial charge in [0.1, 0.15) is 0 Å². The quantitative estimate of drug-likeness (QED) is 0.861. The summed E-state index contributed by atoms with van der Waals surface area (Å²) in [6.07, 6.45) is 0. The molecule has 0 aliphatic carbocycles. The summed E-state index contributed by atoms with van der Waals surface area (Å²) in [6.45, 7) is 5.29. The van der Waals surface area contributed by atoms with Crippen LogP contribution in [0.5, 0.6) is 0 Å². The molecule has 1 unspecified atom stereocenters. The number of halogens is 2. The molecule has 1 aliphatic heterocycles. The van der Waals surface area contributed by atoms with Gasteiger partial charge in [-0.05, 0) is 42.3 Å². The van der Waals surface area contributed by atoms with Crippen LogP contribution in [0, 0.1) is 0 Å². The van der Waals surface area contributed by atoms with Crippen LogP contribution < -0.4 is 5.32 Å². The molecule has 1 aliphatic rings. The van der Waals surface area contributed by atoms with Crippen LogP contribution in [0.3, 0.4) is 0 Å². The van der Waals surface area contributed by atoms with E-state index in [1.165, 1.54) is 11.1 Å². The zero-order valence-electron chi connectivity index (χ0n) is 14.0. The summed E-state index contributed by atoms with van der Waals surface area (Å²) in [5.74, 6) is 0. The minimum atomic E-state index is 0.235. The molecule has 1 fully saturated rings.